The SMILES string of the molecule is CC(C)CCCNc1ncc2c(-c3ccc4nccn4c3)ccn2n1. The van der Waals surface area contributed by atoms with Gasteiger partial charge in [0.2, 0.25) is 5.95 Å². The highest BCUT2D eigenvalue weighted by molar-refractivity contribution is 5.80. The molecule has 0 atom stereocenters. The van der Waals surface area contributed by atoms with Gasteiger partial charge in [-0.2, -0.15) is 0 Å². The lowest BCUT2D eigenvalue weighted by Gasteiger charge is -2.07. The first-order chi connectivity index (χ1) is 12.2. The quantitative estimate of drug-likeness (QED) is 0.543. The van der Waals surface area contributed by atoms with Crippen LogP contribution in [0.15, 0.2) is 49.2 Å². The molecule has 0 amide bonds. The molecule has 0 saturated carbocycles. The van der Waals surface area contributed by atoms with E-state index in [9.17, 15) is 0 Å². The van der Waals surface area contributed by atoms with Gasteiger partial charge in [0.1, 0.15) is 5.65 Å². The predicted octanol–water partition coefficient (Wildman–Crippen LogP) is 3.89. The maximum atomic E-state index is 4.57. The van der Waals surface area contributed by atoms with E-state index >= 15 is 0 Å². The standard InChI is InChI=1S/C19H22N6/c1-14(2)4-3-8-21-19-22-12-17-16(7-10-25(17)23-19)15-5-6-18-20-9-11-24(18)13-15/h5-7,9-14H,3-4,8H2,1-2H3,(H,21,23). The summed E-state index contributed by atoms with van der Waals surface area (Å²) in [5.74, 6) is 1.40. The van der Waals surface area contributed by atoms with Gasteiger partial charge in [-0.15, -0.1) is 5.10 Å². The molecule has 0 aromatic carbocycles. The normalized spacial score (nSPS) is 11.6. The molecule has 4 aromatic rings. The summed E-state index contributed by atoms with van der Waals surface area (Å²) >= 11 is 0. The second-order valence-corrected chi connectivity index (χ2v) is 6.71. The molecular weight excluding hydrogens is 312 g/mol. The Hall–Kier alpha value is -2.89. The van der Waals surface area contributed by atoms with Crippen LogP contribution in [0.3, 0.4) is 0 Å². The lowest BCUT2D eigenvalue weighted by molar-refractivity contribution is 0.566. The molecular formula is C19H22N6. The number of anilines is 1. The maximum absolute atomic E-state index is 4.57. The van der Waals surface area contributed by atoms with E-state index in [1.54, 1.807) is 6.20 Å². The Bertz CT molecular complexity index is 997. The molecule has 6 nitrogen and oxygen atoms in total. The number of hydrogen-bond acceptors (Lipinski definition) is 4. The Labute approximate surface area is 146 Å². The molecule has 6 heteroatoms. The number of pyridine rings is 1. The van der Waals surface area contributed by atoms with Gasteiger partial charge in [-0.1, -0.05) is 13.8 Å². The highest BCUT2D eigenvalue weighted by Crippen LogP contribution is 2.25. The summed E-state index contributed by atoms with van der Waals surface area (Å²) in [4.78, 5) is 8.76. The molecule has 0 saturated heterocycles. The van der Waals surface area contributed by atoms with Crippen molar-refractivity contribution in [3.63, 3.8) is 0 Å². The zero-order valence-electron chi connectivity index (χ0n) is 14.6. The van der Waals surface area contributed by atoms with Crippen LogP contribution in [0.4, 0.5) is 5.95 Å². The van der Waals surface area contributed by atoms with E-state index in [0.29, 0.717) is 5.95 Å². The van der Waals surface area contributed by atoms with E-state index in [-0.39, 0.29) is 0 Å². The van der Waals surface area contributed by atoms with E-state index < -0.39 is 0 Å². The van der Waals surface area contributed by atoms with Crippen molar-refractivity contribution >= 4 is 17.1 Å². The number of nitrogens with one attached hydrogen (secondary N) is 1. The van der Waals surface area contributed by atoms with Crippen molar-refractivity contribution in [1.29, 1.82) is 0 Å². The van der Waals surface area contributed by atoms with Crippen LogP contribution in [-0.4, -0.2) is 30.5 Å². The fourth-order valence-electron chi connectivity index (χ4n) is 3.02. The second-order valence-electron chi connectivity index (χ2n) is 6.71. The summed E-state index contributed by atoms with van der Waals surface area (Å²) < 4.78 is 3.90. The average Bonchev–Trinajstić information content (AvgIpc) is 3.24. The molecule has 0 spiro atoms. The number of fused-ring (bicyclic) bond motifs is 2. The van der Waals surface area contributed by atoms with Crippen LogP contribution in [0.5, 0.6) is 0 Å². The first-order valence-corrected chi connectivity index (χ1v) is 8.72. The summed E-state index contributed by atoms with van der Waals surface area (Å²) in [6.07, 6.45) is 12.0. The third kappa shape index (κ3) is 3.20. The first kappa shape index (κ1) is 15.6. The second kappa shape index (κ2) is 6.55. The largest absolute Gasteiger partial charge is 0.353 e. The molecule has 0 fully saturated rings. The van der Waals surface area contributed by atoms with Crippen molar-refractivity contribution in [3.8, 4) is 11.1 Å². The molecule has 4 aromatic heterocycles. The van der Waals surface area contributed by atoms with Crippen LogP contribution in [0.1, 0.15) is 26.7 Å². The van der Waals surface area contributed by atoms with Crippen LogP contribution in [0.2, 0.25) is 0 Å². The molecule has 0 radical (unpaired) electrons. The Morgan fingerprint density at radius 2 is 2.04 bits per heavy atom. The van der Waals surface area contributed by atoms with Crippen molar-refractivity contribution in [1.82, 2.24) is 24.0 Å². The summed E-state index contributed by atoms with van der Waals surface area (Å²) in [5, 5.41) is 7.87. The Morgan fingerprint density at radius 1 is 1.12 bits per heavy atom. The Balaban J connectivity index is 1.57. The molecule has 1 N–H and O–H groups in total. The van der Waals surface area contributed by atoms with Gasteiger partial charge in [-0.05, 0) is 37.0 Å². The topological polar surface area (TPSA) is 59.5 Å². The van der Waals surface area contributed by atoms with Gasteiger partial charge in [0, 0.05) is 42.5 Å². The van der Waals surface area contributed by atoms with Gasteiger partial charge in [0.15, 0.2) is 0 Å². The third-order valence-electron chi connectivity index (χ3n) is 4.36. The lowest BCUT2D eigenvalue weighted by atomic mass is 10.1. The van der Waals surface area contributed by atoms with Crippen molar-refractivity contribution in [2.75, 3.05) is 11.9 Å². The van der Waals surface area contributed by atoms with Gasteiger partial charge >= 0.3 is 0 Å². The smallest absolute Gasteiger partial charge is 0.240 e. The third-order valence-corrected chi connectivity index (χ3v) is 4.36. The van der Waals surface area contributed by atoms with Gasteiger partial charge in [0.25, 0.3) is 0 Å². The van der Waals surface area contributed by atoms with E-state index in [1.807, 2.05) is 33.6 Å². The van der Waals surface area contributed by atoms with E-state index in [2.05, 4.69) is 52.6 Å². The van der Waals surface area contributed by atoms with Gasteiger partial charge in [-0.25, -0.2) is 14.5 Å². The van der Waals surface area contributed by atoms with Crippen LogP contribution in [0, 0.1) is 5.92 Å². The lowest BCUT2D eigenvalue weighted by Crippen LogP contribution is -2.08. The predicted molar refractivity (Wildman–Crippen MR) is 99.7 cm³/mol. The van der Waals surface area contributed by atoms with Crippen molar-refractivity contribution in [3.05, 3.63) is 49.2 Å². The van der Waals surface area contributed by atoms with Gasteiger partial charge in [-0.3, -0.25) is 0 Å². The zero-order valence-corrected chi connectivity index (χ0v) is 14.6. The van der Waals surface area contributed by atoms with Crippen LogP contribution in [0.25, 0.3) is 22.3 Å². The molecule has 0 aliphatic carbocycles. The van der Waals surface area contributed by atoms with Crippen molar-refractivity contribution < 1.29 is 0 Å². The Kier molecular flexibility index (Phi) is 4.09. The molecule has 0 aliphatic rings. The summed E-state index contributed by atoms with van der Waals surface area (Å²) in [6.45, 7) is 5.38. The minimum absolute atomic E-state index is 0.670. The molecule has 0 bridgehead atoms. The highest BCUT2D eigenvalue weighted by Gasteiger charge is 2.08. The minimum atomic E-state index is 0.670. The number of nitrogens with zero attached hydrogens (tertiary/aromatic N) is 5. The number of hydrogen-bond donors (Lipinski definition) is 1. The number of aromatic nitrogens is 5. The van der Waals surface area contributed by atoms with Gasteiger partial charge < -0.3 is 9.72 Å². The molecule has 0 aliphatic heterocycles. The molecule has 25 heavy (non-hydrogen) atoms. The summed E-state index contributed by atoms with van der Waals surface area (Å²) in [7, 11) is 0. The van der Waals surface area contributed by atoms with Gasteiger partial charge in [0.05, 0.1) is 11.7 Å². The molecule has 4 rings (SSSR count). The summed E-state index contributed by atoms with van der Waals surface area (Å²) in [6, 6.07) is 6.17. The number of rotatable bonds is 6. The fourth-order valence-corrected chi connectivity index (χ4v) is 3.02. The molecule has 128 valence electrons. The monoisotopic (exact) mass is 334 g/mol. The Morgan fingerprint density at radius 3 is 2.92 bits per heavy atom. The van der Waals surface area contributed by atoms with Crippen molar-refractivity contribution in [2.45, 2.75) is 26.7 Å². The fraction of sp³-hybridized carbons (Fsp3) is 0.316. The van der Waals surface area contributed by atoms with Crippen LogP contribution in [-0.2, 0) is 0 Å². The summed E-state index contributed by atoms with van der Waals surface area (Å²) in [5.41, 5.74) is 4.17. The minimum Gasteiger partial charge on any atom is -0.353 e. The molecule has 4 heterocycles. The van der Waals surface area contributed by atoms with Crippen LogP contribution >= 0.6 is 0 Å². The van der Waals surface area contributed by atoms with Crippen LogP contribution < -0.4 is 5.32 Å². The molecule has 0 unspecified atom stereocenters. The number of imidazole rings is 1. The average molecular weight is 334 g/mol. The van der Waals surface area contributed by atoms with E-state index in [1.165, 1.54) is 6.42 Å². The maximum Gasteiger partial charge on any atom is 0.240 e. The first-order valence-electron chi connectivity index (χ1n) is 8.72. The van der Waals surface area contributed by atoms with E-state index in [4.69, 9.17) is 0 Å². The highest BCUT2D eigenvalue weighted by atomic mass is 15.3. The van der Waals surface area contributed by atoms with E-state index in [0.717, 1.165) is 41.2 Å². The van der Waals surface area contributed by atoms with Crippen molar-refractivity contribution in [2.24, 2.45) is 5.92 Å². The zero-order chi connectivity index (χ0) is 17.2.